The first kappa shape index (κ1) is 12.9. The highest BCUT2D eigenvalue weighted by Crippen LogP contribution is 2.25. The lowest BCUT2D eigenvalue weighted by Gasteiger charge is -2.10. The van der Waals surface area contributed by atoms with Gasteiger partial charge in [-0.2, -0.15) is 4.39 Å². The van der Waals surface area contributed by atoms with Gasteiger partial charge in [-0.25, -0.2) is 4.39 Å². The van der Waals surface area contributed by atoms with Crippen LogP contribution in [0.2, 0.25) is 0 Å². The molecule has 88 valence electrons. The van der Waals surface area contributed by atoms with Crippen molar-refractivity contribution < 1.29 is 23.4 Å². The summed E-state index contributed by atoms with van der Waals surface area (Å²) >= 11 is 2.95. The van der Waals surface area contributed by atoms with Gasteiger partial charge in [0.15, 0.2) is 11.6 Å². The smallest absolute Gasteiger partial charge is 0.324 e. The Morgan fingerprint density at radius 2 is 2.19 bits per heavy atom. The standard InChI is InChI=1S/C9H8BrF2NO3/c10-4-1-5(11)8(12)7(2-4)16-3-6(13)9(14)15/h1-2,6H,3,13H2,(H,14,15). The van der Waals surface area contributed by atoms with Crippen LogP contribution in [0, 0.1) is 11.6 Å². The van der Waals surface area contributed by atoms with Crippen molar-refractivity contribution in [1.29, 1.82) is 0 Å². The van der Waals surface area contributed by atoms with Gasteiger partial charge in [0.25, 0.3) is 0 Å². The average Bonchev–Trinajstić information content (AvgIpc) is 2.20. The topological polar surface area (TPSA) is 72.5 Å². The molecule has 1 aromatic rings. The predicted molar refractivity (Wildman–Crippen MR) is 55.2 cm³/mol. The molecule has 1 atom stereocenters. The number of hydrogen-bond acceptors (Lipinski definition) is 3. The van der Waals surface area contributed by atoms with Gasteiger partial charge in [0.1, 0.15) is 12.6 Å². The SMILES string of the molecule is NC(COc1cc(Br)cc(F)c1F)C(=O)O. The van der Waals surface area contributed by atoms with Crippen LogP contribution in [-0.4, -0.2) is 23.7 Å². The largest absolute Gasteiger partial charge is 0.488 e. The fourth-order valence-corrected chi connectivity index (χ4v) is 1.30. The molecular formula is C9H8BrF2NO3. The third kappa shape index (κ3) is 3.14. The maximum Gasteiger partial charge on any atom is 0.324 e. The van der Waals surface area contributed by atoms with Crippen molar-refractivity contribution in [3.05, 3.63) is 28.2 Å². The molecule has 4 nitrogen and oxygen atoms in total. The third-order valence-corrected chi connectivity index (χ3v) is 2.15. The summed E-state index contributed by atoms with van der Waals surface area (Å²) < 4.78 is 31.1. The lowest BCUT2D eigenvalue weighted by molar-refractivity contribution is -0.139. The molecule has 3 N–H and O–H groups in total. The van der Waals surface area contributed by atoms with Gasteiger partial charge in [0, 0.05) is 4.47 Å². The first-order chi connectivity index (χ1) is 7.41. The molecule has 16 heavy (non-hydrogen) atoms. The van der Waals surface area contributed by atoms with Gasteiger partial charge in [-0.3, -0.25) is 4.79 Å². The summed E-state index contributed by atoms with van der Waals surface area (Å²) in [5.41, 5.74) is 5.14. The number of halogens is 3. The van der Waals surface area contributed by atoms with E-state index in [1.165, 1.54) is 6.07 Å². The van der Waals surface area contributed by atoms with E-state index in [1.54, 1.807) is 0 Å². The normalized spacial score (nSPS) is 12.2. The molecule has 1 rings (SSSR count). The van der Waals surface area contributed by atoms with Crippen LogP contribution in [0.3, 0.4) is 0 Å². The van der Waals surface area contributed by atoms with Crippen molar-refractivity contribution in [2.24, 2.45) is 5.73 Å². The van der Waals surface area contributed by atoms with Gasteiger partial charge in [-0.1, -0.05) is 15.9 Å². The van der Waals surface area contributed by atoms with Gasteiger partial charge in [0.2, 0.25) is 5.82 Å². The summed E-state index contributed by atoms with van der Waals surface area (Å²) in [6, 6.07) is 0.827. The molecule has 0 amide bonds. The number of rotatable bonds is 4. The van der Waals surface area contributed by atoms with E-state index in [4.69, 9.17) is 15.6 Å². The van der Waals surface area contributed by atoms with E-state index in [2.05, 4.69) is 15.9 Å². The molecule has 0 saturated carbocycles. The van der Waals surface area contributed by atoms with Crippen molar-refractivity contribution in [1.82, 2.24) is 0 Å². The summed E-state index contributed by atoms with van der Waals surface area (Å²) in [4.78, 5) is 10.4. The van der Waals surface area contributed by atoms with Crippen molar-refractivity contribution in [3.8, 4) is 5.75 Å². The zero-order valence-electron chi connectivity index (χ0n) is 7.91. The molecule has 0 fully saturated rings. The summed E-state index contributed by atoms with van der Waals surface area (Å²) in [6.45, 7) is -0.442. The lowest BCUT2D eigenvalue weighted by Crippen LogP contribution is -2.36. The Morgan fingerprint density at radius 3 is 2.75 bits per heavy atom. The van der Waals surface area contributed by atoms with Gasteiger partial charge >= 0.3 is 5.97 Å². The maximum absolute atomic E-state index is 13.1. The molecule has 0 aromatic heterocycles. The van der Waals surface area contributed by atoms with Gasteiger partial charge in [-0.15, -0.1) is 0 Å². The second-order valence-electron chi connectivity index (χ2n) is 2.96. The van der Waals surface area contributed by atoms with Crippen molar-refractivity contribution >= 4 is 21.9 Å². The number of carbonyl (C=O) groups is 1. The minimum absolute atomic E-state index is 0.283. The molecule has 0 spiro atoms. The Balaban J connectivity index is 2.78. The molecule has 0 aliphatic rings. The number of nitrogens with two attached hydrogens (primary N) is 1. The first-order valence-electron chi connectivity index (χ1n) is 4.17. The van der Waals surface area contributed by atoms with Crippen LogP contribution in [0.4, 0.5) is 8.78 Å². The highest BCUT2D eigenvalue weighted by molar-refractivity contribution is 9.10. The van der Waals surface area contributed by atoms with Crippen LogP contribution >= 0.6 is 15.9 Å². The fourth-order valence-electron chi connectivity index (χ4n) is 0.888. The summed E-state index contributed by atoms with van der Waals surface area (Å²) in [5.74, 6) is -3.94. The minimum atomic E-state index is -1.29. The highest BCUT2D eigenvalue weighted by Gasteiger charge is 2.16. The Morgan fingerprint density at radius 1 is 1.56 bits per heavy atom. The molecule has 1 aromatic carbocycles. The number of carboxylic acids is 1. The third-order valence-electron chi connectivity index (χ3n) is 1.70. The second kappa shape index (κ2) is 5.22. The van der Waals surface area contributed by atoms with Crippen LogP contribution in [0.25, 0.3) is 0 Å². The lowest BCUT2D eigenvalue weighted by atomic mass is 10.3. The number of ether oxygens (including phenoxy) is 1. The van der Waals surface area contributed by atoms with E-state index in [9.17, 15) is 13.6 Å². The monoisotopic (exact) mass is 295 g/mol. The zero-order valence-corrected chi connectivity index (χ0v) is 9.50. The van der Waals surface area contributed by atoms with Gasteiger partial charge in [-0.05, 0) is 12.1 Å². The molecule has 1 unspecified atom stereocenters. The van der Waals surface area contributed by atoms with Crippen molar-refractivity contribution in [2.75, 3.05) is 6.61 Å². The van der Waals surface area contributed by atoms with E-state index < -0.39 is 30.3 Å². The molecule has 7 heteroatoms. The Hall–Kier alpha value is -1.21. The average molecular weight is 296 g/mol. The fraction of sp³-hybridized carbons (Fsp3) is 0.222. The Labute approximate surface area is 98.1 Å². The number of carboxylic acid groups (broad SMARTS) is 1. The van der Waals surface area contributed by atoms with E-state index >= 15 is 0 Å². The van der Waals surface area contributed by atoms with Crippen LogP contribution in [0.5, 0.6) is 5.75 Å². The molecule has 0 heterocycles. The van der Waals surface area contributed by atoms with Crippen molar-refractivity contribution in [2.45, 2.75) is 6.04 Å². The molecule has 0 aliphatic carbocycles. The van der Waals surface area contributed by atoms with Crippen LogP contribution in [0.15, 0.2) is 16.6 Å². The molecular weight excluding hydrogens is 288 g/mol. The quantitative estimate of drug-likeness (QED) is 0.826. The molecule has 0 bridgehead atoms. The molecule has 0 saturated heterocycles. The van der Waals surface area contributed by atoms with E-state index in [0.29, 0.717) is 0 Å². The van der Waals surface area contributed by atoms with Crippen LogP contribution in [-0.2, 0) is 4.79 Å². The maximum atomic E-state index is 13.1. The van der Waals surface area contributed by atoms with Crippen LogP contribution in [0.1, 0.15) is 0 Å². The second-order valence-corrected chi connectivity index (χ2v) is 3.87. The van der Waals surface area contributed by atoms with E-state index in [1.807, 2.05) is 0 Å². The summed E-state index contributed by atoms with van der Waals surface area (Å²) in [5, 5.41) is 8.46. The summed E-state index contributed by atoms with van der Waals surface area (Å²) in [7, 11) is 0. The number of aliphatic carboxylic acids is 1. The Kier molecular flexibility index (Phi) is 4.19. The minimum Gasteiger partial charge on any atom is -0.488 e. The Bertz CT molecular complexity index is 414. The highest BCUT2D eigenvalue weighted by atomic mass is 79.9. The van der Waals surface area contributed by atoms with Crippen molar-refractivity contribution in [3.63, 3.8) is 0 Å². The van der Waals surface area contributed by atoms with Crippen LogP contribution < -0.4 is 10.5 Å². The summed E-state index contributed by atoms with van der Waals surface area (Å²) in [6.07, 6.45) is 0. The van der Waals surface area contributed by atoms with Gasteiger partial charge < -0.3 is 15.6 Å². The number of hydrogen-bond donors (Lipinski definition) is 2. The molecule has 0 radical (unpaired) electrons. The zero-order chi connectivity index (χ0) is 12.3. The van der Waals surface area contributed by atoms with E-state index in [0.717, 1.165) is 6.07 Å². The van der Waals surface area contributed by atoms with E-state index in [-0.39, 0.29) is 10.2 Å². The predicted octanol–water partition coefficient (Wildman–Crippen LogP) is 1.52. The first-order valence-corrected chi connectivity index (χ1v) is 4.97. The molecule has 0 aliphatic heterocycles. The number of benzene rings is 1. The van der Waals surface area contributed by atoms with Gasteiger partial charge in [0.05, 0.1) is 0 Å².